The monoisotopic (exact) mass is 969 g/mol. The van der Waals surface area contributed by atoms with Crippen molar-refractivity contribution in [3.63, 3.8) is 0 Å². The summed E-state index contributed by atoms with van der Waals surface area (Å²) in [6.07, 6.45) is 81.2. The van der Waals surface area contributed by atoms with Crippen molar-refractivity contribution in [2.24, 2.45) is 0 Å². The zero-order valence-corrected chi connectivity index (χ0v) is 48.2. The number of ether oxygens (including phenoxy) is 2. The van der Waals surface area contributed by atoms with Crippen LogP contribution in [0.2, 0.25) is 0 Å². The molecule has 0 aromatic carbocycles. The summed E-state index contributed by atoms with van der Waals surface area (Å²) in [6.45, 7) is 13.3. The number of carbonyl (C=O) groups is 1. The van der Waals surface area contributed by atoms with Crippen LogP contribution >= 0.6 is 0 Å². The number of allylic oxidation sites excluding steroid dienone is 6. The van der Waals surface area contributed by atoms with Gasteiger partial charge in [-0.15, -0.1) is 0 Å². The van der Waals surface area contributed by atoms with E-state index >= 15 is 0 Å². The van der Waals surface area contributed by atoms with Gasteiger partial charge in [0.15, 0.2) is 0 Å². The SMILES string of the molecule is CCCCCCCCC=CCCCCCCCC(=O)OC(CCCC)CCCCCCC.CCCCCCCCC=CCCCCCCCCOCCCCCCCCC=CCCCCCCCC. The molecule has 0 aromatic rings. The maximum atomic E-state index is 12.3. The molecule has 0 N–H and O–H groups in total. The number of carbonyl (C=O) groups excluding carboxylic acids is 1. The summed E-state index contributed by atoms with van der Waals surface area (Å²) in [5.74, 6) is 0.0392. The van der Waals surface area contributed by atoms with Crippen molar-refractivity contribution in [2.75, 3.05) is 13.2 Å². The summed E-state index contributed by atoms with van der Waals surface area (Å²) in [4.78, 5) is 12.3. The van der Waals surface area contributed by atoms with Crippen molar-refractivity contribution in [3.8, 4) is 0 Å². The molecule has 0 bridgehead atoms. The van der Waals surface area contributed by atoms with Crippen LogP contribution in [0.25, 0.3) is 0 Å². The molecule has 0 aliphatic carbocycles. The Kier molecular flexibility index (Phi) is 67.4. The minimum atomic E-state index is 0.0392. The van der Waals surface area contributed by atoms with Gasteiger partial charge in [-0.25, -0.2) is 0 Å². The van der Waals surface area contributed by atoms with Crippen molar-refractivity contribution in [1.29, 1.82) is 0 Å². The van der Waals surface area contributed by atoms with Gasteiger partial charge in [-0.2, -0.15) is 0 Å². The Balaban J connectivity index is 0. The lowest BCUT2D eigenvalue weighted by Crippen LogP contribution is -2.18. The van der Waals surface area contributed by atoms with E-state index in [1.54, 1.807) is 0 Å². The summed E-state index contributed by atoms with van der Waals surface area (Å²) in [6, 6.07) is 0. The van der Waals surface area contributed by atoms with Crippen LogP contribution in [0, 0.1) is 0 Å². The standard InChI is InChI=1S/C36H70O.C30H58O2/c1-3-5-7-9-11-13-15-17-19-21-23-25-27-29-31-33-35-37-36-34-32-30-28-26-24-22-20-18-16-14-12-10-8-6-4-2;1-4-7-10-12-13-14-15-16-17-18-19-20-21-23-25-28-30(31)32-29(26-9-6-3)27-24-22-11-8-5-2/h17-20H,3-16,21-36H2,1-2H3;16-17,29H,4-15,18-28H2,1-3H3. The minimum absolute atomic E-state index is 0.0392. The molecule has 0 aromatic heterocycles. The molecular formula is C66H128O3. The van der Waals surface area contributed by atoms with Crippen molar-refractivity contribution in [1.82, 2.24) is 0 Å². The maximum absolute atomic E-state index is 12.3. The first-order chi connectivity index (χ1) is 34.2. The number of esters is 1. The van der Waals surface area contributed by atoms with Crippen molar-refractivity contribution in [2.45, 2.75) is 368 Å². The molecule has 0 amide bonds. The fourth-order valence-corrected chi connectivity index (χ4v) is 9.26. The van der Waals surface area contributed by atoms with Crippen molar-refractivity contribution >= 4 is 5.97 Å². The zero-order valence-electron chi connectivity index (χ0n) is 48.2. The Morgan fingerprint density at radius 1 is 0.290 bits per heavy atom. The van der Waals surface area contributed by atoms with Crippen LogP contribution in [0.1, 0.15) is 362 Å². The molecule has 1 atom stereocenters. The number of unbranched alkanes of at least 4 members (excludes halogenated alkanes) is 40. The molecule has 0 aliphatic heterocycles. The Morgan fingerprint density at radius 2 is 0.536 bits per heavy atom. The van der Waals surface area contributed by atoms with E-state index < -0.39 is 0 Å². The first-order valence-electron chi connectivity index (χ1n) is 31.9. The molecule has 69 heavy (non-hydrogen) atoms. The molecule has 0 aliphatic rings. The summed E-state index contributed by atoms with van der Waals surface area (Å²) in [5, 5.41) is 0. The second-order valence-electron chi connectivity index (χ2n) is 21.3. The van der Waals surface area contributed by atoms with Crippen LogP contribution in [0.3, 0.4) is 0 Å². The zero-order chi connectivity index (χ0) is 50.3. The summed E-state index contributed by atoms with van der Waals surface area (Å²) >= 11 is 0. The van der Waals surface area contributed by atoms with E-state index in [0.29, 0.717) is 6.42 Å². The van der Waals surface area contributed by atoms with Gasteiger partial charge in [0.25, 0.3) is 0 Å². The molecule has 0 rings (SSSR count). The van der Waals surface area contributed by atoms with E-state index in [0.717, 1.165) is 38.9 Å². The van der Waals surface area contributed by atoms with Gasteiger partial charge in [-0.05, 0) is 116 Å². The predicted molar refractivity (Wildman–Crippen MR) is 312 cm³/mol. The molecular weight excluding hydrogens is 841 g/mol. The van der Waals surface area contributed by atoms with E-state index in [1.165, 1.54) is 295 Å². The normalized spacial score (nSPS) is 12.2. The molecule has 0 fully saturated rings. The van der Waals surface area contributed by atoms with E-state index in [1.807, 2.05) is 0 Å². The summed E-state index contributed by atoms with van der Waals surface area (Å²) in [5.41, 5.74) is 0. The van der Waals surface area contributed by atoms with E-state index in [4.69, 9.17) is 9.47 Å². The number of hydrogen-bond acceptors (Lipinski definition) is 3. The van der Waals surface area contributed by atoms with Crippen LogP contribution in [-0.2, 0) is 14.3 Å². The lowest BCUT2D eigenvalue weighted by atomic mass is 10.0. The number of hydrogen-bond donors (Lipinski definition) is 0. The van der Waals surface area contributed by atoms with E-state index in [9.17, 15) is 4.79 Å². The van der Waals surface area contributed by atoms with Crippen molar-refractivity contribution < 1.29 is 14.3 Å². The molecule has 0 heterocycles. The van der Waals surface area contributed by atoms with Gasteiger partial charge < -0.3 is 9.47 Å². The van der Waals surface area contributed by atoms with Gasteiger partial charge in [0.1, 0.15) is 6.10 Å². The van der Waals surface area contributed by atoms with Gasteiger partial charge in [0.2, 0.25) is 0 Å². The predicted octanol–water partition coefficient (Wildman–Crippen LogP) is 23.6. The van der Waals surface area contributed by atoms with Gasteiger partial charge in [-0.3, -0.25) is 4.79 Å². The molecule has 3 nitrogen and oxygen atoms in total. The Labute approximate surface area is 436 Å². The molecule has 0 spiro atoms. The van der Waals surface area contributed by atoms with Crippen molar-refractivity contribution in [3.05, 3.63) is 36.5 Å². The highest BCUT2D eigenvalue weighted by atomic mass is 16.5. The van der Waals surface area contributed by atoms with Gasteiger partial charge in [-0.1, -0.05) is 277 Å². The number of rotatable bonds is 57. The second-order valence-corrected chi connectivity index (χ2v) is 21.3. The van der Waals surface area contributed by atoms with E-state index in [2.05, 4.69) is 71.1 Å². The fraction of sp³-hybridized carbons (Fsp3) is 0.894. The molecule has 3 heteroatoms. The quantitative estimate of drug-likeness (QED) is 0.0346. The third-order valence-electron chi connectivity index (χ3n) is 14.1. The summed E-state index contributed by atoms with van der Waals surface area (Å²) in [7, 11) is 0. The van der Waals surface area contributed by atoms with Gasteiger partial charge in [0.05, 0.1) is 0 Å². The van der Waals surface area contributed by atoms with Gasteiger partial charge >= 0.3 is 5.97 Å². The molecule has 0 radical (unpaired) electrons. The average Bonchev–Trinajstić information content (AvgIpc) is 3.35. The Hall–Kier alpha value is -1.35. The molecule has 0 saturated heterocycles. The van der Waals surface area contributed by atoms with Crippen LogP contribution in [0.15, 0.2) is 36.5 Å². The van der Waals surface area contributed by atoms with Crippen LogP contribution < -0.4 is 0 Å². The average molecular weight is 970 g/mol. The summed E-state index contributed by atoms with van der Waals surface area (Å²) < 4.78 is 11.7. The highest BCUT2D eigenvalue weighted by molar-refractivity contribution is 5.69. The largest absolute Gasteiger partial charge is 0.462 e. The second kappa shape index (κ2) is 66.7. The fourth-order valence-electron chi connectivity index (χ4n) is 9.26. The Morgan fingerprint density at radius 3 is 0.855 bits per heavy atom. The minimum Gasteiger partial charge on any atom is -0.462 e. The van der Waals surface area contributed by atoms with Gasteiger partial charge in [0, 0.05) is 19.6 Å². The van der Waals surface area contributed by atoms with Crippen LogP contribution in [-0.4, -0.2) is 25.3 Å². The lowest BCUT2D eigenvalue weighted by molar-refractivity contribution is -0.150. The topological polar surface area (TPSA) is 35.5 Å². The first kappa shape index (κ1) is 69.7. The molecule has 1 unspecified atom stereocenters. The Bertz CT molecular complexity index is 958. The first-order valence-corrected chi connectivity index (χ1v) is 31.9. The highest BCUT2D eigenvalue weighted by Gasteiger charge is 2.14. The highest BCUT2D eigenvalue weighted by Crippen LogP contribution is 2.18. The lowest BCUT2D eigenvalue weighted by Gasteiger charge is -2.18. The smallest absolute Gasteiger partial charge is 0.306 e. The molecule has 0 saturated carbocycles. The third kappa shape index (κ3) is 66.7. The molecule has 410 valence electrons. The third-order valence-corrected chi connectivity index (χ3v) is 14.1. The van der Waals surface area contributed by atoms with E-state index in [-0.39, 0.29) is 12.1 Å². The van der Waals surface area contributed by atoms with Crippen LogP contribution in [0.5, 0.6) is 0 Å². The van der Waals surface area contributed by atoms with Crippen LogP contribution in [0.4, 0.5) is 0 Å². The maximum Gasteiger partial charge on any atom is 0.306 e.